The minimum Gasteiger partial charge on any atom is -0.492 e. The quantitative estimate of drug-likeness (QED) is 0.758. The molecule has 0 spiro atoms. The van der Waals surface area contributed by atoms with Crippen LogP contribution in [0.5, 0.6) is 5.75 Å². The highest BCUT2D eigenvalue weighted by atomic mass is 16.5. The monoisotopic (exact) mass is 284 g/mol. The van der Waals surface area contributed by atoms with Crippen molar-refractivity contribution in [2.45, 2.75) is 19.8 Å². The Bertz CT molecular complexity index is 561. The highest BCUT2D eigenvalue weighted by Crippen LogP contribution is 2.20. The average Bonchev–Trinajstić information content (AvgIpc) is 2.51. The lowest BCUT2D eigenvalue weighted by atomic mass is 10.0. The molecule has 0 saturated heterocycles. The Morgan fingerprint density at radius 2 is 1.71 bits per heavy atom. The van der Waals surface area contributed by atoms with Crippen LogP contribution in [0.4, 0.5) is 0 Å². The van der Waals surface area contributed by atoms with Crippen LogP contribution in [0.2, 0.25) is 0 Å². The summed E-state index contributed by atoms with van der Waals surface area (Å²) < 4.78 is 10.9. The number of hydrogen-bond donors (Lipinski definition) is 0. The molecule has 0 saturated carbocycles. The number of carbonyl (C=O) groups excluding carboxylic acids is 1. The number of benzene rings is 2. The fraction of sp³-hybridized carbons (Fsp3) is 0.278. The number of ether oxygens (including phenoxy) is 2. The van der Waals surface area contributed by atoms with Gasteiger partial charge in [0.25, 0.3) is 0 Å². The second kappa shape index (κ2) is 7.48. The van der Waals surface area contributed by atoms with Crippen molar-refractivity contribution in [1.82, 2.24) is 0 Å². The van der Waals surface area contributed by atoms with Crippen LogP contribution in [0.25, 0.3) is 0 Å². The van der Waals surface area contributed by atoms with E-state index < -0.39 is 5.92 Å². The number of hydrogen-bond acceptors (Lipinski definition) is 3. The van der Waals surface area contributed by atoms with Crippen molar-refractivity contribution >= 4 is 5.97 Å². The summed E-state index contributed by atoms with van der Waals surface area (Å²) in [5, 5.41) is 0. The normalized spacial score (nSPS) is 11.7. The number of esters is 1. The zero-order valence-electron chi connectivity index (χ0n) is 12.4. The molecule has 0 heterocycles. The third-order valence-corrected chi connectivity index (χ3v) is 3.21. The van der Waals surface area contributed by atoms with Gasteiger partial charge in [0.1, 0.15) is 18.3 Å². The minimum absolute atomic E-state index is 0.254. The molecule has 110 valence electrons. The van der Waals surface area contributed by atoms with E-state index in [-0.39, 0.29) is 12.6 Å². The van der Waals surface area contributed by atoms with Crippen molar-refractivity contribution in [3.63, 3.8) is 0 Å². The van der Waals surface area contributed by atoms with Gasteiger partial charge in [-0.15, -0.1) is 0 Å². The molecular formula is C18H20O3. The summed E-state index contributed by atoms with van der Waals surface area (Å²) in [5.41, 5.74) is 2.08. The second-order valence-electron chi connectivity index (χ2n) is 4.84. The number of carbonyl (C=O) groups is 1. The molecule has 21 heavy (non-hydrogen) atoms. The molecule has 2 rings (SSSR count). The smallest absolute Gasteiger partial charge is 0.316 e. The molecule has 1 atom stereocenters. The van der Waals surface area contributed by atoms with E-state index in [1.807, 2.05) is 61.5 Å². The molecule has 0 radical (unpaired) electrons. The van der Waals surface area contributed by atoms with Gasteiger partial charge in [-0.1, -0.05) is 48.0 Å². The lowest BCUT2D eigenvalue weighted by molar-refractivity contribution is -0.145. The predicted octanol–water partition coefficient (Wildman–Crippen LogP) is 3.72. The van der Waals surface area contributed by atoms with Crippen molar-refractivity contribution in [2.75, 3.05) is 13.2 Å². The van der Waals surface area contributed by atoms with E-state index in [1.54, 1.807) is 6.92 Å². The fourth-order valence-corrected chi connectivity index (χ4v) is 2.04. The van der Waals surface area contributed by atoms with Crippen molar-refractivity contribution < 1.29 is 14.3 Å². The van der Waals surface area contributed by atoms with Gasteiger partial charge in [-0.2, -0.15) is 0 Å². The van der Waals surface area contributed by atoms with Crippen LogP contribution in [-0.2, 0) is 9.53 Å². The molecule has 0 amide bonds. The summed E-state index contributed by atoms with van der Waals surface area (Å²) in [6, 6.07) is 17.4. The van der Waals surface area contributed by atoms with Gasteiger partial charge in [-0.05, 0) is 31.5 Å². The Balaban J connectivity index is 2.09. The van der Waals surface area contributed by atoms with Gasteiger partial charge in [0.15, 0.2) is 0 Å². The zero-order valence-corrected chi connectivity index (χ0v) is 12.4. The van der Waals surface area contributed by atoms with E-state index in [2.05, 4.69) is 0 Å². The molecule has 0 aromatic heterocycles. The Morgan fingerprint density at radius 3 is 2.33 bits per heavy atom. The van der Waals surface area contributed by atoms with E-state index in [1.165, 1.54) is 5.56 Å². The summed E-state index contributed by atoms with van der Waals surface area (Å²) >= 11 is 0. The molecular weight excluding hydrogens is 264 g/mol. The Hall–Kier alpha value is -2.29. The van der Waals surface area contributed by atoms with Gasteiger partial charge in [-0.25, -0.2) is 0 Å². The molecule has 0 aliphatic rings. The zero-order chi connectivity index (χ0) is 15.1. The maximum absolute atomic E-state index is 12.1. The van der Waals surface area contributed by atoms with Crippen LogP contribution in [-0.4, -0.2) is 19.2 Å². The number of aryl methyl sites for hydroxylation is 1. The van der Waals surface area contributed by atoms with Crippen LogP contribution in [0.3, 0.4) is 0 Å². The van der Waals surface area contributed by atoms with Gasteiger partial charge < -0.3 is 9.47 Å². The standard InChI is InChI=1S/C18H20O3/c1-3-20-18(19)17(15-7-5-4-6-8-15)13-21-16-11-9-14(2)10-12-16/h4-12,17H,3,13H2,1-2H3. The first kappa shape index (κ1) is 15.1. The van der Waals surface area contributed by atoms with Crippen LogP contribution in [0, 0.1) is 6.92 Å². The first-order valence-corrected chi connectivity index (χ1v) is 7.11. The SMILES string of the molecule is CCOC(=O)C(COc1ccc(C)cc1)c1ccccc1. The summed E-state index contributed by atoms with van der Waals surface area (Å²) in [5.74, 6) is 0.0918. The summed E-state index contributed by atoms with van der Waals surface area (Å²) in [7, 11) is 0. The summed E-state index contributed by atoms with van der Waals surface area (Å²) in [4.78, 5) is 12.1. The fourth-order valence-electron chi connectivity index (χ4n) is 2.04. The van der Waals surface area contributed by atoms with Crippen molar-refractivity contribution in [3.8, 4) is 5.75 Å². The molecule has 3 nitrogen and oxygen atoms in total. The first-order chi connectivity index (χ1) is 10.2. The van der Waals surface area contributed by atoms with E-state index in [9.17, 15) is 4.79 Å². The molecule has 0 bridgehead atoms. The third kappa shape index (κ3) is 4.35. The van der Waals surface area contributed by atoms with Gasteiger partial charge >= 0.3 is 5.97 Å². The Kier molecular flexibility index (Phi) is 5.38. The summed E-state index contributed by atoms with van der Waals surface area (Å²) in [6.07, 6.45) is 0. The van der Waals surface area contributed by atoms with Gasteiger partial charge in [0, 0.05) is 0 Å². The van der Waals surface area contributed by atoms with Gasteiger partial charge in [0.2, 0.25) is 0 Å². The lowest BCUT2D eigenvalue weighted by Gasteiger charge is -2.17. The molecule has 1 unspecified atom stereocenters. The highest BCUT2D eigenvalue weighted by molar-refractivity contribution is 5.78. The van der Waals surface area contributed by atoms with E-state index in [0.29, 0.717) is 6.61 Å². The molecule has 0 aliphatic heterocycles. The van der Waals surface area contributed by atoms with Crippen LogP contribution in [0.1, 0.15) is 24.0 Å². The third-order valence-electron chi connectivity index (χ3n) is 3.21. The van der Waals surface area contributed by atoms with Crippen molar-refractivity contribution in [2.24, 2.45) is 0 Å². The molecule has 0 N–H and O–H groups in total. The maximum atomic E-state index is 12.1. The maximum Gasteiger partial charge on any atom is 0.316 e. The predicted molar refractivity (Wildman–Crippen MR) is 82.5 cm³/mol. The van der Waals surface area contributed by atoms with Crippen molar-refractivity contribution in [3.05, 3.63) is 65.7 Å². The first-order valence-electron chi connectivity index (χ1n) is 7.11. The van der Waals surface area contributed by atoms with Crippen molar-refractivity contribution in [1.29, 1.82) is 0 Å². The molecule has 0 fully saturated rings. The molecule has 2 aromatic carbocycles. The lowest BCUT2D eigenvalue weighted by Crippen LogP contribution is -2.22. The molecule has 2 aromatic rings. The van der Waals surface area contributed by atoms with E-state index >= 15 is 0 Å². The van der Waals surface area contributed by atoms with Gasteiger partial charge in [-0.3, -0.25) is 4.79 Å². The Labute approximate surface area is 125 Å². The van der Waals surface area contributed by atoms with Crippen LogP contribution >= 0.6 is 0 Å². The minimum atomic E-state index is -0.410. The van der Waals surface area contributed by atoms with Crippen LogP contribution in [0.15, 0.2) is 54.6 Å². The van der Waals surface area contributed by atoms with Crippen LogP contribution < -0.4 is 4.74 Å². The second-order valence-corrected chi connectivity index (χ2v) is 4.84. The number of rotatable bonds is 6. The largest absolute Gasteiger partial charge is 0.492 e. The van der Waals surface area contributed by atoms with Gasteiger partial charge in [0.05, 0.1) is 6.61 Å². The average molecular weight is 284 g/mol. The van der Waals surface area contributed by atoms with E-state index in [4.69, 9.17) is 9.47 Å². The molecule has 0 aliphatic carbocycles. The topological polar surface area (TPSA) is 35.5 Å². The Morgan fingerprint density at radius 1 is 1.05 bits per heavy atom. The summed E-state index contributed by atoms with van der Waals surface area (Å²) in [6.45, 7) is 4.47. The molecule has 3 heteroatoms. The highest BCUT2D eigenvalue weighted by Gasteiger charge is 2.22. The van der Waals surface area contributed by atoms with E-state index in [0.717, 1.165) is 11.3 Å².